The van der Waals surface area contributed by atoms with Gasteiger partial charge in [0.15, 0.2) is 5.82 Å². The number of carbonyl (C=O) groups excluding carboxylic acids is 2. The van der Waals surface area contributed by atoms with Crippen molar-refractivity contribution in [1.82, 2.24) is 25.1 Å². The third-order valence-corrected chi connectivity index (χ3v) is 4.50. The standard InChI is InChI=1S/C19H22N6O3/c1-19(2,3)28-18(27)25-7-6-12-15(9-25)23-24-16(12)22-17(26)11-4-5-13-14(8-11)21-10-20-13/h4-5,8,10H,6-7,9H2,1-3H3,(H,20,21)(H2,22,23,24,26). The van der Waals surface area contributed by atoms with Crippen LogP contribution in [-0.2, 0) is 17.7 Å². The van der Waals surface area contributed by atoms with Gasteiger partial charge in [-0.25, -0.2) is 9.78 Å². The molecule has 9 nitrogen and oxygen atoms in total. The number of nitrogens with zero attached hydrogens (tertiary/aromatic N) is 3. The highest BCUT2D eigenvalue weighted by atomic mass is 16.6. The molecule has 0 saturated carbocycles. The summed E-state index contributed by atoms with van der Waals surface area (Å²) < 4.78 is 5.42. The molecule has 9 heteroatoms. The van der Waals surface area contributed by atoms with E-state index < -0.39 is 5.60 Å². The van der Waals surface area contributed by atoms with Crippen LogP contribution in [0.15, 0.2) is 24.5 Å². The number of fused-ring (bicyclic) bond motifs is 2. The summed E-state index contributed by atoms with van der Waals surface area (Å²) in [4.78, 5) is 33.6. The Morgan fingerprint density at radius 3 is 2.89 bits per heavy atom. The Hall–Kier alpha value is -3.36. The number of anilines is 1. The summed E-state index contributed by atoms with van der Waals surface area (Å²) in [5.74, 6) is 0.244. The summed E-state index contributed by atoms with van der Waals surface area (Å²) in [5, 5.41) is 10.0. The van der Waals surface area contributed by atoms with Gasteiger partial charge in [-0.15, -0.1) is 0 Å². The fourth-order valence-corrected chi connectivity index (χ4v) is 3.16. The lowest BCUT2D eigenvalue weighted by molar-refractivity contribution is 0.0221. The second-order valence-electron chi connectivity index (χ2n) is 7.77. The Morgan fingerprint density at radius 1 is 1.29 bits per heavy atom. The molecule has 0 fully saturated rings. The first-order chi connectivity index (χ1) is 13.3. The molecule has 1 aliphatic rings. The number of imidazole rings is 1. The number of nitrogens with one attached hydrogen (secondary N) is 3. The lowest BCUT2D eigenvalue weighted by Crippen LogP contribution is -2.39. The maximum absolute atomic E-state index is 12.6. The highest BCUT2D eigenvalue weighted by Crippen LogP contribution is 2.25. The van der Waals surface area contributed by atoms with Gasteiger partial charge < -0.3 is 19.9 Å². The van der Waals surface area contributed by atoms with Crippen LogP contribution in [-0.4, -0.2) is 49.2 Å². The zero-order valence-corrected chi connectivity index (χ0v) is 16.0. The fraction of sp³-hybridized carbons (Fsp3) is 0.368. The third-order valence-electron chi connectivity index (χ3n) is 4.50. The van der Waals surface area contributed by atoms with Crippen molar-refractivity contribution in [3.63, 3.8) is 0 Å². The molecule has 0 saturated heterocycles. The largest absolute Gasteiger partial charge is 0.444 e. The van der Waals surface area contributed by atoms with Crippen LogP contribution in [0.25, 0.3) is 11.0 Å². The predicted molar refractivity (Wildman–Crippen MR) is 103 cm³/mol. The molecule has 0 unspecified atom stereocenters. The Labute approximate surface area is 161 Å². The monoisotopic (exact) mass is 382 g/mol. The van der Waals surface area contributed by atoms with Crippen LogP contribution in [0.3, 0.4) is 0 Å². The average Bonchev–Trinajstić information content (AvgIpc) is 3.26. The van der Waals surface area contributed by atoms with E-state index in [1.165, 1.54) is 0 Å². The van der Waals surface area contributed by atoms with Crippen molar-refractivity contribution >= 4 is 28.9 Å². The van der Waals surface area contributed by atoms with Crippen LogP contribution in [0.5, 0.6) is 0 Å². The lowest BCUT2D eigenvalue weighted by Gasteiger charge is -2.29. The van der Waals surface area contributed by atoms with Gasteiger partial charge in [-0.1, -0.05) is 0 Å². The highest BCUT2D eigenvalue weighted by Gasteiger charge is 2.28. The van der Waals surface area contributed by atoms with E-state index in [9.17, 15) is 9.59 Å². The number of benzene rings is 1. The number of amides is 2. The molecule has 0 bridgehead atoms. The molecule has 2 amide bonds. The number of carbonyl (C=O) groups is 2. The first-order valence-electron chi connectivity index (χ1n) is 9.09. The molecule has 0 aliphatic carbocycles. The molecule has 4 rings (SSSR count). The Kier molecular flexibility index (Phi) is 4.29. The van der Waals surface area contributed by atoms with E-state index in [4.69, 9.17) is 4.74 Å². The molecular formula is C19H22N6O3. The van der Waals surface area contributed by atoms with Crippen LogP contribution in [0.1, 0.15) is 42.4 Å². The first kappa shape index (κ1) is 18.0. The normalized spacial score (nSPS) is 14.0. The molecule has 146 valence electrons. The van der Waals surface area contributed by atoms with E-state index in [0.717, 1.165) is 22.3 Å². The van der Waals surface area contributed by atoms with Crippen molar-refractivity contribution in [2.75, 3.05) is 11.9 Å². The van der Waals surface area contributed by atoms with Crippen molar-refractivity contribution in [2.24, 2.45) is 0 Å². The molecule has 3 N–H and O–H groups in total. The maximum atomic E-state index is 12.6. The van der Waals surface area contributed by atoms with Gasteiger partial charge in [-0.3, -0.25) is 9.89 Å². The molecule has 0 spiro atoms. The van der Waals surface area contributed by atoms with E-state index in [0.29, 0.717) is 30.9 Å². The second kappa shape index (κ2) is 6.66. The molecule has 3 aromatic rings. The first-order valence-corrected chi connectivity index (χ1v) is 9.09. The Bertz CT molecular complexity index is 1050. The molecule has 0 radical (unpaired) electrons. The number of ether oxygens (including phenoxy) is 1. The lowest BCUT2D eigenvalue weighted by atomic mass is 10.1. The van der Waals surface area contributed by atoms with Crippen molar-refractivity contribution in [1.29, 1.82) is 0 Å². The van der Waals surface area contributed by atoms with E-state index in [1.54, 1.807) is 29.4 Å². The summed E-state index contributed by atoms with van der Waals surface area (Å²) in [6.07, 6.45) is 1.82. The molecular weight excluding hydrogens is 360 g/mol. The smallest absolute Gasteiger partial charge is 0.410 e. The predicted octanol–water partition coefficient (Wildman–Crippen LogP) is 2.83. The Morgan fingerprint density at radius 2 is 2.11 bits per heavy atom. The SMILES string of the molecule is CC(C)(C)OC(=O)N1CCc2c(NC(=O)c3ccc4nc[nH]c4c3)n[nH]c2C1. The fourth-order valence-electron chi connectivity index (χ4n) is 3.16. The number of H-pyrrole nitrogens is 2. The van der Waals surface area contributed by atoms with Crippen molar-refractivity contribution in [3.05, 3.63) is 41.3 Å². The van der Waals surface area contributed by atoms with Gasteiger partial charge in [-0.05, 0) is 45.4 Å². The topological polar surface area (TPSA) is 116 Å². The Balaban J connectivity index is 1.47. The van der Waals surface area contributed by atoms with Gasteiger partial charge in [-0.2, -0.15) is 5.10 Å². The summed E-state index contributed by atoms with van der Waals surface area (Å²) in [5.41, 5.74) is 3.28. The number of hydrogen-bond donors (Lipinski definition) is 3. The van der Waals surface area contributed by atoms with Gasteiger partial charge in [0.05, 0.1) is 29.6 Å². The van der Waals surface area contributed by atoms with Crippen LogP contribution in [0.2, 0.25) is 0 Å². The summed E-state index contributed by atoms with van der Waals surface area (Å²) in [6, 6.07) is 5.27. The molecule has 2 aromatic heterocycles. The molecule has 1 aliphatic heterocycles. The second-order valence-corrected chi connectivity index (χ2v) is 7.77. The van der Waals surface area contributed by atoms with E-state index in [1.807, 2.05) is 20.8 Å². The minimum atomic E-state index is -0.541. The van der Waals surface area contributed by atoms with Gasteiger partial charge in [0, 0.05) is 17.7 Å². The number of rotatable bonds is 2. The van der Waals surface area contributed by atoms with Crippen LogP contribution in [0, 0.1) is 0 Å². The van der Waals surface area contributed by atoms with Gasteiger partial charge in [0.25, 0.3) is 5.91 Å². The molecule has 1 aromatic carbocycles. The zero-order valence-electron chi connectivity index (χ0n) is 16.0. The van der Waals surface area contributed by atoms with Crippen molar-refractivity contribution < 1.29 is 14.3 Å². The van der Waals surface area contributed by atoms with Crippen LogP contribution < -0.4 is 5.32 Å². The molecule has 28 heavy (non-hydrogen) atoms. The minimum absolute atomic E-state index is 0.250. The minimum Gasteiger partial charge on any atom is -0.444 e. The third kappa shape index (κ3) is 3.55. The summed E-state index contributed by atoms with van der Waals surface area (Å²) in [7, 11) is 0. The number of hydrogen-bond acceptors (Lipinski definition) is 5. The molecule has 3 heterocycles. The molecule has 0 atom stereocenters. The quantitative estimate of drug-likeness (QED) is 0.630. The van der Waals surface area contributed by atoms with Crippen LogP contribution in [0.4, 0.5) is 10.6 Å². The van der Waals surface area contributed by atoms with E-state index >= 15 is 0 Å². The van der Waals surface area contributed by atoms with Gasteiger partial charge >= 0.3 is 6.09 Å². The summed E-state index contributed by atoms with van der Waals surface area (Å²) >= 11 is 0. The number of aromatic amines is 2. The van der Waals surface area contributed by atoms with Gasteiger partial charge in [0.1, 0.15) is 5.60 Å². The van der Waals surface area contributed by atoms with Crippen molar-refractivity contribution in [2.45, 2.75) is 39.3 Å². The summed E-state index contributed by atoms with van der Waals surface area (Å²) in [6.45, 7) is 6.39. The zero-order chi connectivity index (χ0) is 19.9. The van der Waals surface area contributed by atoms with Crippen LogP contribution >= 0.6 is 0 Å². The van der Waals surface area contributed by atoms with E-state index in [-0.39, 0.29) is 12.0 Å². The van der Waals surface area contributed by atoms with Gasteiger partial charge in [0.2, 0.25) is 0 Å². The van der Waals surface area contributed by atoms with E-state index in [2.05, 4.69) is 25.5 Å². The average molecular weight is 382 g/mol. The highest BCUT2D eigenvalue weighted by molar-refractivity contribution is 6.05. The van der Waals surface area contributed by atoms with Crippen molar-refractivity contribution in [3.8, 4) is 0 Å². The number of aromatic nitrogens is 4. The maximum Gasteiger partial charge on any atom is 0.410 e.